The third-order valence-electron chi connectivity index (χ3n) is 1.89. The Kier molecular flexibility index (Phi) is 6.22. The molecular formula is C11H16FNO2S. The van der Waals surface area contributed by atoms with Crippen LogP contribution in [-0.4, -0.2) is 32.7 Å². The Morgan fingerprint density at radius 1 is 1.31 bits per heavy atom. The predicted molar refractivity (Wildman–Crippen MR) is 64.2 cm³/mol. The zero-order valence-corrected chi connectivity index (χ0v) is 10.1. The second-order valence-electron chi connectivity index (χ2n) is 3.14. The smallest absolute Gasteiger partial charge is 0.125 e. The van der Waals surface area contributed by atoms with Crippen molar-refractivity contribution in [3.05, 3.63) is 24.0 Å². The van der Waals surface area contributed by atoms with E-state index in [0.29, 0.717) is 25.5 Å². The van der Waals surface area contributed by atoms with Gasteiger partial charge in [-0.15, -0.1) is 11.8 Å². The van der Waals surface area contributed by atoms with Gasteiger partial charge in [0.25, 0.3) is 0 Å². The maximum Gasteiger partial charge on any atom is 0.125 e. The molecular weight excluding hydrogens is 229 g/mol. The van der Waals surface area contributed by atoms with Crippen LogP contribution < -0.4 is 5.73 Å². The topological polar surface area (TPSA) is 44.5 Å². The van der Waals surface area contributed by atoms with Gasteiger partial charge < -0.3 is 15.2 Å². The number of methoxy groups -OCH3 is 1. The summed E-state index contributed by atoms with van der Waals surface area (Å²) in [4.78, 5) is 0.886. The summed E-state index contributed by atoms with van der Waals surface area (Å²) in [6.45, 7) is 1.82. The van der Waals surface area contributed by atoms with E-state index < -0.39 is 0 Å². The largest absolute Gasteiger partial charge is 0.398 e. The molecule has 0 bridgehead atoms. The molecule has 1 aromatic carbocycles. The summed E-state index contributed by atoms with van der Waals surface area (Å²) in [6.07, 6.45) is 0. The van der Waals surface area contributed by atoms with E-state index in [-0.39, 0.29) is 5.82 Å². The van der Waals surface area contributed by atoms with E-state index in [1.54, 1.807) is 24.9 Å². The van der Waals surface area contributed by atoms with Crippen LogP contribution in [0.2, 0.25) is 0 Å². The first kappa shape index (κ1) is 13.3. The molecule has 0 amide bonds. The number of benzene rings is 1. The lowest BCUT2D eigenvalue weighted by atomic mass is 10.3. The zero-order chi connectivity index (χ0) is 11.8. The summed E-state index contributed by atoms with van der Waals surface area (Å²) < 4.78 is 22.9. The van der Waals surface area contributed by atoms with Gasteiger partial charge in [0.05, 0.1) is 19.8 Å². The molecule has 0 aliphatic rings. The van der Waals surface area contributed by atoms with Crippen LogP contribution in [0.4, 0.5) is 10.1 Å². The predicted octanol–water partition coefficient (Wildman–Crippen LogP) is 2.16. The molecule has 2 N–H and O–H groups in total. The van der Waals surface area contributed by atoms with Crippen molar-refractivity contribution in [2.75, 3.05) is 38.4 Å². The van der Waals surface area contributed by atoms with Crippen molar-refractivity contribution in [2.24, 2.45) is 0 Å². The van der Waals surface area contributed by atoms with E-state index in [0.717, 1.165) is 10.6 Å². The third kappa shape index (κ3) is 4.83. The minimum absolute atomic E-state index is 0.307. The fourth-order valence-electron chi connectivity index (χ4n) is 1.11. The first-order valence-corrected chi connectivity index (χ1v) is 5.97. The quantitative estimate of drug-likeness (QED) is 0.454. The van der Waals surface area contributed by atoms with Gasteiger partial charge in [0.1, 0.15) is 5.82 Å². The summed E-state index contributed by atoms with van der Waals surface area (Å²) >= 11 is 1.56. The van der Waals surface area contributed by atoms with Crippen LogP contribution in [0.5, 0.6) is 0 Å². The Morgan fingerprint density at radius 3 is 2.81 bits per heavy atom. The van der Waals surface area contributed by atoms with E-state index in [1.165, 1.54) is 12.1 Å². The molecule has 1 rings (SSSR count). The first-order valence-electron chi connectivity index (χ1n) is 4.98. The Labute approximate surface area is 99.1 Å². The van der Waals surface area contributed by atoms with Gasteiger partial charge in [-0.05, 0) is 18.2 Å². The number of ether oxygens (including phenoxy) is 2. The van der Waals surface area contributed by atoms with Gasteiger partial charge in [-0.3, -0.25) is 0 Å². The van der Waals surface area contributed by atoms with Crippen LogP contribution in [0.3, 0.4) is 0 Å². The van der Waals surface area contributed by atoms with Crippen molar-refractivity contribution in [2.45, 2.75) is 4.90 Å². The second kappa shape index (κ2) is 7.49. The Morgan fingerprint density at radius 2 is 2.12 bits per heavy atom. The average Bonchev–Trinajstić information content (AvgIpc) is 2.26. The molecule has 0 spiro atoms. The number of hydrogen-bond donors (Lipinski definition) is 1. The van der Waals surface area contributed by atoms with Crippen LogP contribution in [-0.2, 0) is 9.47 Å². The highest BCUT2D eigenvalue weighted by atomic mass is 32.2. The van der Waals surface area contributed by atoms with Crippen molar-refractivity contribution in [1.82, 2.24) is 0 Å². The highest BCUT2D eigenvalue weighted by molar-refractivity contribution is 7.99. The fraction of sp³-hybridized carbons (Fsp3) is 0.455. The van der Waals surface area contributed by atoms with Crippen LogP contribution in [0.15, 0.2) is 23.1 Å². The highest BCUT2D eigenvalue weighted by Crippen LogP contribution is 2.25. The van der Waals surface area contributed by atoms with Gasteiger partial charge in [-0.25, -0.2) is 4.39 Å². The maximum atomic E-state index is 12.7. The van der Waals surface area contributed by atoms with Crippen molar-refractivity contribution >= 4 is 17.4 Å². The van der Waals surface area contributed by atoms with Crippen molar-refractivity contribution < 1.29 is 13.9 Å². The number of thioether (sulfide) groups is 1. The van der Waals surface area contributed by atoms with Gasteiger partial charge in [0.2, 0.25) is 0 Å². The molecule has 0 fully saturated rings. The van der Waals surface area contributed by atoms with Gasteiger partial charge in [0.15, 0.2) is 0 Å². The molecule has 1 aromatic rings. The molecule has 0 aromatic heterocycles. The molecule has 0 radical (unpaired) electrons. The molecule has 90 valence electrons. The van der Waals surface area contributed by atoms with Crippen molar-refractivity contribution in [3.8, 4) is 0 Å². The number of hydrogen-bond acceptors (Lipinski definition) is 4. The fourth-order valence-corrected chi connectivity index (χ4v) is 1.92. The molecule has 5 heteroatoms. The second-order valence-corrected chi connectivity index (χ2v) is 4.27. The summed E-state index contributed by atoms with van der Waals surface area (Å²) in [6, 6.07) is 4.42. The van der Waals surface area contributed by atoms with Gasteiger partial charge in [0, 0.05) is 23.4 Å². The monoisotopic (exact) mass is 245 g/mol. The SMILES string of the molecule is COCCOCCSc1ccc(F)cc1N. The molecule has 0 unspecified atom stereocenters. The zero-order valence-electron chi connectivity index (χ0n) is 9.24. The first-order chi connectivity index (χ1) is 7.74. The molecule has 0 heterocycles. The van der Waals surface area contributed by atoms with Crippen LogP contribution in [0.1, 0.15) is 0 Å². The minimum atomic E-state index is -0.307. The Hall–Kier alpha value is -0.780. The van der Waals surface area contributed by atoms with Crippen molar-refractivity contribution in [3.63, 3.8) is 0 Å². The standard InChI is InChI=1S/C11H16FNO2S/c1-14-4-5-15-6-7-16-11-3-2-9(12)8-10(11)13/h2-3,8H,4-7,13H2,1H3. The summed E-state index contributed by atoms with van der Waals surface area (Å²) in [5, 5.41) is 0. The number of rotatable bonds is 7. The Balaban J connectivity index is 2.21. The van der Waals surface area contributed by atoms with Gasteiger partial charge in [-0.2, -0.15) is 0 Å². The highest BCUT2D eigenvalue weighted by Gasteiger charge is 2.01. The average molecular weight is 245 g/mol. The lowest BCUT2D eigenvalue weighted by Gasteiger charge is -2.06. The normalized spacial score (nSPS) is 10.6. The molecule has 16 heavy (non-hydrogen) atoms. The van der Waals surface area contributed by atoms with E-state index >= 15 is 0 Å². The molecule has 0 atom stereocenters. The summed E-state index contributed by atoms with van der Waals surface area (Å²) in [5.74, 6) is 0.484. The number of halogens is 1. The van der Waals surface area contributed by atoms with E-state index in [1.807, 2.05) is 0 Å². The molecule has 0 saturated carbocycles. The Bertz CT molecular complexity index is 323. The molecule has 0 aliphatic heterocycles. The third-order valence-corrected chi connectivity index (χ3v) is 2.94. The number of nitrogen functional groups attached to an aromatic ring is 1. The van der Waals surface area contributed by atoms with Crippen LogP contribution in [0, 0.1) is 5.82 Å². The number of nitrogens with two attached hydrogens (primary N) is 1. The van der Waals surface area contributed by atoms with Gasteiger partial charge >= 0.3 is 0 Å². The molecule has 0 saturated heterocycles. The van der Waals surface area contributed by atoms with Crippen LogP contribution >= 0.6 is 11.8 Å². The number of anilines is 1. The summed E-state index contributed by atoms with van der Waals surface area (Å²) in [7, 11) is 1.64. The molecule has 0 aliphatic carbocycles. The lowest BCUT2D eigenvalue weighted by Crippen LogP contribution is -2.04. The van der Waals surface area contributed by atoms with Crippen LogP contribution in [0.25, 0.3) is 0 Å². The van der Waals surface area contributed by atoms with E-state index in [2.05, 4.69) is 0 Å². The lowest BCUT2D eigenvalue weighted by molar-refractivity contribution is 0.0790. The maximum absolute atomic E-state index is 12.7. The van der Waals surface area contributed by atoms with Crippen molar-refractivity contribution in [1.29, 1.82) is 0 Å². The summed E-state index contributed by atoms with van der Waals surface area (Å²) in [5.41, 5.74) is 6.14. The van der Waals surface area contributed by atoms with Gasteiger partial charge in [-0.1, -0.05) is 0 Å². The minimum Gasteiger partial charge on any atom is -0.398 e. The molecule has 3 nitrogen and oxygen atoms in total. The van der Waals surface area contributed by atoms with E-state index in [9.17, 15) is 4.39 Å². The van der Waals surface area contributed by atoms with E-state index in [4.69, 9.17) is 15.2 Å².